The minimum atomic E-state index is -0.647. The fraction of sp³-hybridized carbons (Fsp3) is 0.500. The van der Waals surface area contributed by atoms with Gasteiger partial charge in [-0.25, -0.2) is 4.39 Å². The summed E-state index contributed by atoms with van der Waals surface area (Å²) in [7, 11) is 0. The molecule has 20 heavy (non-hydrogen) atoms. The third-order valence-corrected chi connectivity index (χ3v) is 3.47. The number of carbonyl (C=O) groups excluding carboxylic acids is 2. The number of halogens is 1. The second kappa shape index (κ2) is 6.45. The molecule has 2 rings (SSSR count). The summed E-state index contributed by atoms with van der Waals surface area (Å²) in [5.74, 6) is -1.01. The van der Waals surface area contributed by atoms with Gasteiger partial charge in [0.15, 0.2) is 5.82 Å². The molecular weight excluding hydrogens is 261 g/mol. The molecule has 108 valence electrons. The van der Waals surface area contributed by atoms with E-state index < -0.39 is 11.7 Å². The summed E-state index contributed by atoms with van der Waals surface area (Å²) in [6.45, 7) is 2.91. The van der Waals surface area contributed by atoms with Gasteiger partial charge in [-0.2, -0.15) is 0 Å². The number of nitrogens with zero attached hydrogens (tertiary/aromatic N) is 2. The topological polar surface area (TPSA) is 62.3 Å². The third kappa shape index (κ3) is 3.31. The summed E-state index contributed by atoms with van der Waals surface area (Å²) in [6, 6.07) is 1.25. The number of nitrogens with one attached hydrogen (secondary N) is 1. The minimum Gasteiger partial charge on any atom is -0.350 e. The molecule has 6 heteroatoms. The Kier molecular flexibility index (Phi) is 4.65. The van der Waals surface area contributed by atoms with Gasteiger partial charge in [0.2, 0.25) is 5.91 Å². The lowest BCUT2D eigenvalue weighted by atomic mass is 10.1. The Balaban J connectivity index is 1.90. The third-order valence-electron chi connectivity index (χ3n) is 3.47. The zero-order valence-electron chi connectivity index (χ0n) is 11.4. The van der Waals surface area contributed by atoms with Gasteiger partial charge in [-0.05, 0) is 25.8 Å². The molecule has 1 fully saturated rings. The van der Waals surface area contributed by atoms with Crippen LogP contribution in [0.2, 0.25) is 0 Å². The first-order chi connectivity index (χ1) is 9.59. The molecule has 0 spiro atoms. The van der Waals surface area contributed by atoms with Crippen LogP contribution in [0.4, 0.5) is 4.39 Å². The molecule has 0 unspecified atom stereocenters. The predicted octanol–water partition coefficient (Wildman–Crippen LogP) is 1.35. The lowest BCUT2D eigenvalue weighted by Gasteiger charge is -2.32. The number of rotatable bonds is 4. The van der Waals surface area contributed by atoms with Crippen molar-refractivity contribution in [3.05, 3.63) is 29.8 Å². The van der Waals surface area contributed by atoms with E-state index in [9.17, 15) is 14.0 Å². The van der Waals surface area contributed by atoms with Crippen LogP contribution in [-0.4, -0.2) is 40.8 Å². The van der Waals surface area contributed by atoms with Crippen LogP contribution in [0.25, 0.3) is 0 Å². The largest absolute Gasteiger partial charge is 0.350 e. The number of hydrogen-bond acceptors (Lipinski definition) is 3. The predicted molar refractivity (Wildman–Crippen MR) is 71.6 cm³/mol. The number of carbonyl (C=O) groups is 2. The molecule has 2 amide bonds. The number of hydrogen-bond donors (Lipinski definition) is 1. The number of piperidine rings is 1. The van der Waals surface area contributed by atoms with Crippen LogP contribution < -0.4 is 5.32 Å². The Hall–Kier alpha value is -1.98. The molecule has 1 aliphatic rings. The van der Waals surface area contributed by atoms with Crippen molar-refractivity contribution in [2.24, 2.45) is 0 Å². The van der Waals surface area contributed by atoms with Crippen molar-refractivity contribution in [2.75, 3.05) is 13.1 Å². The van der Waals surface area contributed by atoms with Crippen LogP contribution in [0.1, 0.15) is 36.5 Å². The van der Waals surface area contributed by atoms with Crippen molar-refractivity contribution < 1.29 is 14.0 Å². The highest BCUT2D eigenvalue weighted by Gasteiger charge is 2.23. The Bertz CT molecular complexity index is 507. The molecule has 2 heterocycles. The number of aromatic nitrogens is 1. The van der Waals surface area contributed by atoms with Crippen LogP contribution in [0.3, 0.4) is 0 Å². The summed E-state index contributed by atoms with van der Waals surface area (Å²) in [6.07, 6.45) is 4.86. The van der Waals surface area contributed by atoms with E-state index in [0.717, 1.165) is 25.6 Å². The molecule has 1 N–H and O–H groups in total. The van der Waals surface area contributed by atoms with Gasteiger partial charge < -0.3 is 10.2 Å². The lowest BCUT2D eigenvalue weighted by molar-refractivity contribution is -0.135. The van der Waals surface area contributed by atoms with Crippen molar-refractivity contribution in [2.45, 2.75) is 32.2 Å². The zero-order valence-corrected chi connectivity index (χ0v) is 11.4. The minimum absolute atomic E-state index is 0.0304. The molecule has 1 atom stereocenters. The maximum absolute atomic E-state index is 13.4. The van der Waals surface area contributed by atoms with Gasteiger partial charge in [0.1, 0.15) is 0 Å². The number of amides is 2. The van der Waals surface area contributed by atoms with Crippen molar-refractivity contribution in [3.63, 3.8) is 0 Å². The van der Waals surface area contributed by atoms with E-state index in [1.807, 2.05) is 6.92 Å². The van der Waals surface area contributed by atoms with E-state index in [1.54, 1.807) is 4.90 Å². The van der Waals surface area contributed by atoms with Gasteiger partial charge in [0, 0.05) is 31.7 Å². The molecule has 1 aromatic heterocycles. The van der Waals surface area contributed by atoms with Gasteiger partial charge in [-0.3, -0.25) is 14.6 Å². The van der Waals surface area contributed by atoms with Gasteiger partial charge >= 0.3 is 0 Å². The van der Waals surface area contributed by atoms with Crippen molar-refractivity contribution in [1.82, 2.24) is 15.2 Å². The molecule has 1 aliphatic heterocycles. The Morgan fingerprint density at radius 1 is 1.55 bits per heavy atom. The maximum atomic E-state index is 13.4. The van der Waals surface area contributed by atoms with Crippen molar-refractivity contribution >= 4 is 11.8 Å². The molecule has 0 aliphatic carbocycles. The summed E-state index contributed by atoms with van der Waals surface area (Å²) >= 11 is 0. The molecule has 1 saturated heterocycles. The van der Waals surface area contributed by atoms with Gasteiger partial charge in [-0.1, -0.05) is 0 Å². The summed E-state index contributed by atoms with van der Waals surface area (Å²) < 4.78 is 13.4. The highest BCUT2D eigenvalue weighted by molar-refractivity contribution is 5.94. The second-order valence-corrected chi connectivity index (χ2v) is 4.96. The molecule has 0 radical (unpaired) electrons. The van der Waals surface area contributed by atoms with Crippen LogP contribution in [0, 0.1) is 5.82 Å². The highest BCUT2D eigenvalue weighted by Crippen LogP contribution is 2.13. The fourth-order valence-corrected chi connectivity index (χ4v) is 2.30. The first-order valence-corrected chi connectivity index (χ1v) is 6.77. The summed E-state index contributed by atoms with van der Waals surface area (Å²) in [5.41, 5.74) is -0.0304. The zero-order chi connectivity index (χ0) is 14.5. The summed E-state index contributed by atoms with van der Waals surface area (Å²) in [4.78, 5) is 29.0. The van der Waals surface area contributed by atoms with Gasteiger partial charge in [0.25, 0.3) is 5.91 Å². The van der Waals surface area contributed by atoms with E-state index in [1.165, 1.54) is 12.3 Å². The maximum Gasteiger partial charge on any atom is 0.254 e. The van der Waals surface area contributed by atoms with Gasteiger partial charge in [-0.15, -0.1) is 0 Å². The molecular formula is C14H18FN3O2. The molecule has 5 nitrogen and oxygen atoms in total. The van der Waals surface area contributed by atoms with Crippen LogP contribution in [-0.2, 0) is 4.79 Å². The molecule has 0 saturated carbocycles. The van der Waals surface area contributed by atoms with E-state index >= 15 is 0 Å². The van der Waals surface area contributed by atoms with E-state index in [2.05, 4.69) is 10.3 Å². The summed E-state index contributed by atoms with van der Waals surface area (Å²) in [5, 5.41) is 2.66. The van der Waals surface area contributed by atoms with E-state index in [-0.39, 0.29) is 17.5 Å². The van der Waals surface area contributed by atoms with Gasteiger partial charge in [0.05, 0.1) is 11.8 Å². The van der Waals surface area contributed by atoms with Crippen LogP contribution in [0.15, 0.2) is 18.5 Å². The Labute approximate surface area is 117 Å². The van der Waals surface area contributed by atoms with Crippen LogP contribution in [0.5, 0.6) is 0 Å². The van der Waals surface area contributed by atoms with E-state index in [0.29, 0.717) is 13.0 Å². The average Bonchev–Trinajstić information content (AvgIpc) is 2.45. The fourth-order valence-electron chi connectivity index (χ4n) is 2.30. The standard InChI is InChI=1S/C14H18FN3O2/c1-10(18-7-3-2-4-13(18)19)8-17-14(20)11-5-6-16-9-12(11)15/h5-6,9-10H,2-4,7-8H2,1H3,(H,17,20)/t10-/m1/s1. The Morgan fingerprint density at radius 3 is 3.05 bits per heavy atom. The normalized spacial score (nSPS) is 16.9. The van der Waals surface area contributed by atoms with Crippen LogP contribution >= 0.6 is 0 Å². The monoisotopic (exact) mass is 279 g/mol. The SMILES string of the molecule is C[C@H](CNC(=O)c1ccncc1F)N1CCCCC1=O. The second-order valence-electron chi connectivity index (χ2n) is 4.96. The smallest absolute Gasteiger partial charge is 0.254 e. The number of pyridine rings is 1. The molecule has 1 aromatic rings. The highest BCUT2D eigenvalue weighted by atomic mass is 19.1. The van der Waals surface area contributed by atoms with Crippen molar-refractivity contribution in [3.8, 4) is 0 Å². The average molecular weight is 279 g/mol. The first kappa shape index (κ1) is 14.4. The van der Waals surface area contributed by atoms with E-state index in [4.69, 9.17) is 0 Å². The molecule has 0 bridgehead atoms. The first-order valence-electron chi connectivity index (χ1n) is 6.77. The Morgan fingerprint density at radius 2 is 2.35 bits per heavy atom. The quantitative estimate of drug-likeness (QED) is 0.905. The number of likely N-dealkylation sites (tertiary alicyclic amines) is 1. The lowest BCUT2D eigenvalue weighted by Crippen LogP contribution is -2.47. The molecule has 0 aromatic carbocycles. The van der Waals surface area contributed by atoms with Crippen molar-refractivity contribution in [1.29, 1.82) is 0 Å².